The minimum absolute atomic E-state index is 0.176. The van der Waals surface area contributed by atoms with Crippen molar-refractivity contribution in [3.8, 4) is 5.69 Å². The molecule has 0 aliphatic carbocycles. The lowest BCUT2D eigenvalue weighted by molar-refractivity contribution is 0.555. The van der Waals surface area contributed by atoms with Crippen molar-refractivity contribution in [3.63, 3.8) is 0 Å². The Hall–Kier alpha value is -0.910. The van der Waals surface area contributed by atoms with E-state index in [1.165, 1.54) is 0 Å². The van der Waals surface area contributed by atoms with E-state index >= 15 is 0 Å². The molecule has 0 radical (unpaired) electrons. The van der Waals surface area contributed by atoms with Crippen LogP contribution in [0, 0.1) is 6.92 Å². The van der Waals surface area contributed by atoms with Gasteiger partial charge in [0.05, 0.1) is 22.4 Å². The van der Waals surface area contributed by atoms with Crippen molar-refractivity contribution in [1.82, 2.24) is 20.3 Å². The van der Waals surface area contributed by atoms with Gasteiger partial charge in [-0.25, -0.2) is 4.68 Å². The van der Waals surface area contributed by atoms with E-state index in [1.54, 1.807) is 4.68 Å². The first-order chi connectivity index (χ1) is 9.54. The van der Waals surface area contributed by atoms with Crippen LogP contribution in [0.2, 0.25) is 5.02 Å². The van der Waals surface area contributed by atoms with Gasteiger partial charge >= 0.3 is 0 Å². The number of hydrogen-bond acceptors (Lipinski definition) is 3. The van der Waals surface area contributed by atoms with Gasteiger partial charge in [0, 0.05) is 4.47 Å². The molecule has 1 heterocycles. The standard InChI is InChI=1S/C14H18BrClN4/c1-4-7-17-9(2)14-10(3)20(19-18-14)13-8-11(15)5-6-12(13)16/h5-6,8-9,17H,4,7H2,1-3H3. The zero-order chi connectivity index (χ0) is 14.7. The molecule has 0 saturated carbocycles. The van der Waals surface area contributed by atoms with Crippen molar-refractivity contribution in [2.24, 2.45) is 0 Å². The van der Waals surface area contributed by atoms with E-state index in [1.807, 2.05) is 25.1 Å². The van der Waals surface area contributed by atoms with Gasteiger partial charge in [0.15, 0.2) is 0 Å². The molecular weight excluding hydrogens is 340 g/mol. The van der Waals surface area contributed by atoms with Gasteiger partial charge in [0.25, 0.3) is 0 Å². The van der Waals surface area contributed by atoms with E-state index in [2.05, 4.69) is 45.4 Å². The van der Waals surface area contributed by atoms with Crippen LogP contribution < -0.4 is 5.32 Å². The molecule has 0 amide bonds. The van der Waals surface area contributed by atoms with Gasteiger partial charge in [-0.05, 0) is 45.0 Å². The molecule has 1 unspecified atom stereocenters. The molecule has 6 heteroatoms. The Morgan fingerprint density at radius 2 is 2.20 bits per heavy atom. The average molecular weight is 358 g/mol. The van der Waals surface area contributed by atoms with Crippen LogP contribution in [0.1, 0.15) is 37.7 Å². The topological polar surface area (TPSA) is 42.7 Å². The lowest BCUT2D eigenvalue weighted by Crippen LogP contribution is -2.20. The second-order valence-electron chi connectivity index (χ2n) is 4.74. The summed E-state index contributed by atoms with van der Waals surface area (Å²) in [5.74, 6) is 0. The van der Waals surface area contributed by atoms with Crippen LogP contribution in [0.4, 0.5) is 0 Å². The summed E-state index contributed by atoms with van der Waals surface area (Å²) in [4.78, 5) is 0. The number of halogens is 2. The molecule has 0 saturated heterocycles. The van der Waals surface area contributed by atoms with Gasteiger partial charge < -0.3 is 5.32 Å². The fourth-order valence-corrected chi connectivity index (χ4v) is 2.62. The van der Waals surface area contributed by atoms with E-state index in [0.29, 0.717) is 5.02 Å². The maximum Gasteiger partial charge on any atom is 0.103 e. The molecule has 0 aliphatic rings. The molecule has 4 nitrogen and oxygen atoms in total. The summed E-state index contributed by atoms with van der Waals surface area (Å²) in [5.41, 5.74) is 2.79. The third kappa shape index (κ3) is 3.22. The Kier molecular flexibility index (Phi) is 5.18. The molecule has 0 fully saturated rings. The smallest absolute Gasteiger partial charge is 0.103 e. The predicted octanol–water partition coefficient (Wildman–Crippen LogP) is 4.05. The van der Waals surface area contributed by atoms with Gasteiger partial charge in [-0.1, -0.05) is 39.7 Å². The van der Waals surface area contributed by atoms with E-state index in [-0.39, 0.29) is 6.04 Å². The first kappa shape index (κ1) is 15.5. The quantitative estimate of drug-likeness (QED) is 0.877. The van der Waals surface area contributed by atoms with E-state index in [4.69, 9.17) is 11.6 Å². The minimum Gasteiger partial charge on any atom is -0.309 e. The average Bonchev–Trinajstić information content (AvgIpc) is 2.80. The third-order valence-electron chi connectivity index (χ3n) is 3.18. The molecule has 1 N–H and O–H groups in total. The molecular formula is C14H18BrClN4. The first-order valence-corrected chi connectivity index (χ1v) is 7.82. The molecule has 108 valence electrons. The Morgan fingerprint density at radius 3 is 2.90 bits per heavy atom. The Balaban J connectivity index is 2.35. The maximum absolute atomic E-state index is 6.25. The van der Waals surface area contributed by atoms with Crippen LogP contribution in [0.15, 0.2) is 22.7 Å². The molecule has 0 aliphatic heterocycles. The molecule has 1 aromatic heterocycles. The van der Waals surface area contributed by atoms with Crippen LogP contribution >= 0.6 is 27.5 Å². The summed E-state index contributed by atoms with van der Waals surface area (Å²) < 4.78 is 2.75. The highest BCUT2D eigenvalue weighted by atomic mass is 79.9. The number of benzene rings is 1. The molecule has 2 aromatic rings. The van der Waals surface area contributed by atoms with Gasteiger partial charge in [-0.2, -0.15) is 0 Å². The van der Waals surface area contributed by atoms with Gasteiger partial charge in [-0.15, -0.1) is 5.10 Å². The second-order valence-corrected chi connectivity index (χ2v) is 6.07. The summed E-state index contributed by atoms with van der Waals surface area (Å²) >= 11 is 9.71. The highest BCUT2D eigenvalue weighted by molar-refractivity contribution is 9.10. The summed E-state index contributed by atoms with van der Waals surface area (Å²) in [6.07, 6.45) is 1.09. The number of hydrogen-bond donors (Lipinski definition) is 1. The van der Waals surface area contributed by atoms with E-state index in [0.717, 1.165) is 34.5 Å². The number of nitrogens with one attached hydrogen (secondary N) is 1. The van der Waals surface area contributed by atoms with Crippen LogP contribution in [0.3, 0.4) is 0 Å². The zero-order valence-corrected chi connectivity index (χ0v) is 14.2. The Bertz CT molecular complexity index is 597. The fraction of sp³-hybridized carbons (Fsp3) is 0.429. The van der Waals surface area contributed by atoms with Crippen molar-refractivity contribution in [2.45, 2.75) is 33.2 Å². The number of nitrogens with zero attached hydrogens (tertiary/aromatic N) is 3. The highest BCUT2D eigenvalue weighted by Crippen LogP contribution is 2.26. The van der Waals surface area contributed by atoms with E-state index in [9.17, 15) is 0 Å². The first-order valence-electron chi connectivity index (χ1n) is 6.65. The third-order valence-corrected chi connectivity index (χ3v) is 3.99. The highest BCUT2D eigenvalue weighted by Gasteiger charge is 2.17. The molecule has 0 spiro atoms. The normalized spacial score (nSPS) is 12.7. The maximum atomic E-state index is 6.25. The second kappa shape index (κ2) is 6.70. The van der Waals surface area contributed by atoms with Gasteiger partial charge in [-0.3, -0.25) is 0 Å². The van der Waals surface area contributed by atoms with Crippen molar-refractivity contribution in [3.05, 3.63) is 39.1 Å². The lowest BCUT2D eigenvalue weighted by atomic mass is 10.2. The van der Waals surface area contributed by atoms with Gasteiger partial charge in [0.1, 0.15) is 5.69 Å². The largest absolute Gasteiger partial charge is 0.309 e. The van der Waals surface area contributed by atoms with Crippen molar-refractivity contribution >= 4 is 27.5 Å². The number of rotatable bonds is 5. The summed E-state index contributed by atoms with van der Waals surface area (Å²) in [6.45, 7) is 7.21. The van der Waals surface area contributed by atoms with Crippen molar-refractivity contribution in [1.29, 1.82) is 0 Å². The molecule has 2 rings (SSSR count). The summed E-state index contributed by atoms with van der Waals surface area (Å²) in [6, 6.07) is 5.87. The zero-order valence-electron chi connectivity index (χ0n) is 11.8. The fourth-order valence-electron chi connectivity index (χ4n) is 2.08. The SMILES string of the molecule is CCCNC(C)c1nnn(-c2cc(Br)ccc2Cl)c1C. The monoisotopic (exact) mass is 356 g/mol. The van der Waals surface area contributed by atoms with Crippen LogP contribution in [0.5, 0.6) is 0 Å². The van der Waals surface area contributed by atoms with Crippen LogP contribution in [-0.2, 0) is 0 Å². The Morgan fingerprint density at radius 1 is 1.45 bits per heavy atom. The lowest BCUT2D eigenvalue weighted by Gasteiger charge is -2.12. The van der Waals surface area contributed by atoms with Crippen LogP contribution in [-0.4, -0.2) is 21.5 Å². The molecule has 1 atom stereocenters. The Labute approximate surface area is 132 Å². The van der Waals surface area contributed by atoms with Crippen LogP contribution in [0.25, 0.3) is 5.69 Å². The van der Waals surface area contributed by atoms with Gasteiger partial charge in [0.2, 0.25) is 0 Å². The van der Waals surface area contributed by atoms with Crippen molar-refractivity contribution in [2.75, 3.05) is 6.54 Å². The molecule has 20 heavy (non-hydrogen) atoms. The minimum atomic E-state index is 0.176. The summed E-state index contributed by atoms with van der Waals surface area (Å²) in [5, 5.41) is 12.6. The van der Waals surface area contributed by atoms with E-state index < -0.39 is 0 Å². The predicted molar refractivity (Wildman–Crippen MR) is 85.5 cm³/mol. The van der Waals surface area contributed by atoms with Crippen molar-refractivity contribution < 1.29 is 0 Å². The summed E-state index contributed by atoms with van der Waals surface area (Å²) in [7, 11) is 0. The molecule has 0 bridgehead atoms. The molecule has 1 aromatic carbocycles. The number of aromatic nitrogens is 3.